The average Bonchev–Trinajstić information content (AvgIpc) is 2.87. The molecule has 0 bridgehead atoms. The second-order valence-corrected chi connectivity index (χ2v) is 7.70. The van der Waals surface area contributed by atoms with Crippen molar-refractivity contribution in [2.24, 2.45) is 0 Å². The van der Waals surface area contributed by atoms with Gasteiger partial charge in [0.15, 0.2) is 11.5 Å². The van der Waals surface area contributed by atoms with Crippen LogP contribution < -0.4 is 14.2 Å². The molecular weight excluding hydrogens is 426 g/mol. The Kier molecular flexibility index (Phi) is 8.80. The maximum Gasteiger partial charge on any atom is 0.410 e. The fourth-order valence-electron chi connectivity index (χ4n) is 3.84. The molecule has 1 fully saturated rings. The Morgan fingerprint density at radius 3 is 2.24 bits per heavy atom. The van der Waals surface area contributed by atoms with E-state index in [0.717, 1.165) is 24.0 Å². The van der Waals surface area contributed by atoms with Gasteiger partial charge in [-0.3, -0.25) is 4.90 Å². The van der Waals surface area contributed by atoms with Gasteiger partial charge in [-0.1, -0.05) is 30.3 Å². The van der Waals surface area contributed by atoms with Crippen molar-refractivity contribution in [2.45, 2.75) is 38.3 Å². The fraction of sp³-hybridized carbons (Fsp3) is 0.440. The minimum Gasteiger partial charge on any atom is -0.493 e. The number of benzene rings is 2. The molecule has 2 aromatic carbocycles. The molecule has 8 nitrogen and oxygen atoms in total. The van der Waals surface area contributed by atoms with E-state index in [-0.39, 0.29) is 13.2 Å². The molecule has 178 valence electrons. The summed E-state index contributed by atoms with van der Waals surface area (Å²) >= 11 is 0. The van der Waals surface area contributed by atoms with Crippen molar-refractivity contribution in [2.75, 3.05) is 34.5 Å². The second kappa shape index (κ2) is 12.0. The molecule has 3 rings (SSSR count). The van der Waals surface area contributed by atoms with E-state index in [4.69, 9.17) is 23.7 Å². The number of hydrogen-bond donors (Lipinski definition) is 0. The summed E-state index contributed by atoms with van der Waals surface area (Å²) in [4.78, 5) is 26.9. The molecule has 1 heterocycles. The third kappa shape index (κ3) is 6.31. The van der Waals surface area contributed by atoms with E-state index >= 15 is 0 Å². The van der Waals surface area contributed by atoms with E-state index in [2.05, 4.69) is 0 Å². The second-order valence-electron chi connectivity index (χ2n) is 7.70. The highest BCUT2D eigenvalue weighted by Gasteiger charge is 2.34. The van der Waals surface area contributed by atoms with Gasteiger partial charge in [0.05, 0.1) is 27.9 Å². The Morgan fingerprint density at radius 1 is 0.909 bits per heavy atom. The fourth-order valence-corrected chi connectivity index (χ4v) is 3.84. The van der Waals surface area contributed by atoms with Crippen LogP contribution in [0, 0.1) is 0 Å². The predicted molar refractivity (Wildman–Crippen MR) is 122 cm³/mol. The molecule has 1 amide bonds. The summed E-state index contributed by atoms with van der Waals surface area (Å²) in [5, 5.41) is 0. The number of ether oxygens (including phenoxy) is 5. The Labute approximate surface area is 194 Å². The van der Waals surface area contributed by atoms with Crippen LogP contribution in [0.3, 0.4) is 0 Å². The van der Waals surface area contributed by atoms with Gasteiger partial charge < -0.3 is 23.7 Å². The normalized spacial score (nSPS) is 15.5. The van der Waals surface area contributed by atoms with Crippen LogP contribution in [0.15, 0.2) is 42.5 Å². The molecule has 8 heteroatoms. The number of esters is 1. The first-order valence-corrected chi connectivity index (χ1v) is 11.0. The highest BCUT2D eigenvalue weighted by molar-refractivity contribution is 5.81. The Bertz CT molecular complexity index is 907. The third-order valence-corrected chi connectivity index (χ3v) is 5.57. The first-order chi connectivity index (χ1) is 16.1. The lowest BCUT2D eigenvalue weighted by atomic mass is 10.0. The smallest absolute Gasteiger partial charge is 0.410 e. The molecule has 0 N–H and O–H groups in total. The van der Waals surface area contributed by atoms with Crippen LogP contribution >= 0.6 is 0 Å². The number of likely N-dealkylation sites (tertiary alicyclic amines) is 1. The number of methoxy groups -OCH3 is 3. The number of carbonyl (C=O) groups excluding carboxylic acids is 2. The van der Waals surface area contributed by atoms with Crippen molar-refractivity contribution in [3.8, 4) is 17.2 Å². The molecule has 0 radical (unpaired) electrons. The lowest BCUT2D eigenvalue weighted by Gasteiger charge is -2.33. The number of amides is 1. The Hall–Kier alpha value is -3.42. The standard InChI is InChI=1S/C25H31NO7/c1-29-21-15-19(16-22(30-2)23(21)31-3)12-14-32-24(27)20-11-7-8-13-26(20)25(28)33-17-18-9-5-4-6-10-18/h4-6,9-10,15-16,20H,7-8,11-14,17H2,1-3H3. The van der Waals surface area contributed by atoms with Crippen LogP contribution in [0.4, 0.5) is 4.79 Å². The van der Waals surface area contributed by atoms with E-state index in [1.54, 1.807) is 21.3 Å². The van der Waals surface area contributed by atoms with Crippen LogP contribution in [-0.2, 0) is 27.3 Å². The molecule has 33 heavy (non-hydrogen) atoms. The van der Waals surface area contributed by atoms with Gasteiger partial charge in [-0.25, -0.2) is 9.59 Å². The monoisotopic (exact) mass is 457 g/mol. The van der Waals surface area contributed by atoms with Crippen LogP contribution in [0.1, 0.15) is 30.4 Å². The molecule has 1 aliphatic heterocycles. The van der Waals surface area contributed by atoms with E-state index in [9.17, 15) is 9.59 Å². The van der Waals surface area contributed by atoms with E-state index in [1.165, 1.54) is 4.90 Å². The summed E-state index contributed by atoms with van der Waals surface area (Å²) in [5.74, 6) is 1.17. The van der Waals surface area contributed by atoms with Crippen molar-refractivity contribution < 1.29 is 33.3 Å². The maximum atomic E-state index is 12.8. The zero-order valence-corrected chi connectivity index (χ0v) is 19.4. The number of rotatable bonds is 9. The van der Waals surface area contributed by atoms with Crippen molar-refractivity contribution in [1.29, 1.82) is 0 Å². The summed E-state index contributed by atoms with van der Waals surface area (Å²) in [5.41, 5.74) is 1.77. The van der Waals surface area contributed by atoms with Crippen molar-refractivity contribution in [3.05, 3.63) is 53.6 Å². The topological polar surface area (TPSA) is 83.5 Å². The van der Waals surface area contributed by atoms with Crippen LogP contribution in [0.25, 0.3) is 0 Å². The molecule has 1 atom stereocenters. The summed E-state index contributed by atoms with van der Waals surface area (Å²) in [6.45, 7) is 0.806. The summed E-state index contributed by atoms with van der Waals surface area (Å²) in [7, 11) is 4.65. The SMILES string of the molecule is COc1cc(CCOC(=O)C2CCCCN2C(=O)OCc2ccccc2)cc(OC)c1OC. The maximum absolute atomic E-state index is 12.8. The van der Waals surface area contributed by atoms with Crippen molar-refractivity contribution in [1.82, 2.24) is 4.90 Å². The van der Waals surface area contributed by atoms with Crippen LogP contribution in [0.5, 0.6) is 17.2 Å². The number of piperidine rings is 1. The lowest BCUT2D eigenvalue weighted by Crippen LogP contribution is -2.48. The van der Waals surface area contributed by atoms with Crippen molar-refractivity contribution >= 4 is 12.1 Å². The molecule has 0 aromatic heterocycles. The van der Waals surface area contributed by atoms with Gasteiger partial charge in [-0.15, -0.1) is 0 Å². The summed E-state index contributed by atoms with van der Waals surface area (Å²) < 4.78 is 27.0. The van der Waals surface area contributed by atoms with Crippen LogP contribution in [0.2, 0.25) is 0 Å². The van der Waals surface area contributed by atoms with Gasteiger partial charge in [0.2, 0.25) is 5.75 Å². The van der Waals surface area contributed by atoms with E-state index in [0.29, 0.717) is 36.6 Å². The molecule has 2 aromatic rings. The third-order valence-electron chi connectivity index (χ3n) is 5.57. The average molecular weight is 458 g/mol. The van der Waals surface area contributed by atoms with Gasteiger partial charge in [0.25, 0.3) is 0 Å². The quantitative estimate of drug-likeness (QED) is 0.527. The molecule has 0 spiro atoms. The molecular formula is C25H31NO7. The van der Waals surface area contributed by atoms with Gasteiger partial charge in [-0.2, -0.15) is 0 Å². The lowest BCUT2D eigenvalue weighted by molar-refractivity contribution is -0.150. The minimum absolute atomic E-state index is 0.166. The van der Waals surface area contributed by atoms with Crippen molar-refractivity contribution in [3.63, 3.8) is 0 Å². The van der Waals surface area contributed by atoms with E-state index < -0.39 is 18.1 Å². The van der Waals surface area contributed by atoms with Crippen LogP contribution in [-0.4, -0.2) is 57.5 Å². The first-order valence-electron chi connectivity index (χ1n) is 11.0. The molecule has 0 aliphatic carbocycles. The molecule has 1 unspecified atom stereocenters. The van der Waals surface area contributed by atoms with Gasteiger partial charge in [0.1, 0.15) is 12.6 Å². The largest absolute Gasteiger partial charge is 0.493 e. The highest BCUT2D eigenvalue weighted by Crippen LogP contribution is 2.38. The Balaban J connectivity index is 1.56. The van der Waals surface area contributed by atoms with Gasteiger partial charge in [-0.05, 0) is 42.5 Å². The minimum atomic E-state index is -0.637. The number of nitrogens with zero attached hydrogens (tertiary/aromatic N) is 1. The number of hydrogen-bond acceptors (Lipinski definition) is 7. The predicted octanol–water partition coefficient (Wildman–Crippen LogP) is 3.99. The molecule has 1 aliphatic rings. The van der Waals surface area contributed by atoms with E-state index in [1.807, 2.05) is 42.5 Å². The molecule has 0 saturated carbocycles. The Morgan fingerprint density at radius 2 is 1.61 bits per heavy atom. The number of carbonyl (C=O) groups is 2. The molecule has 1 saturated heterocycles. The summed E-state index contributed by atoms with van der Waals surface area (Å²) in [6.07, 6.45) is 2.21. The zero-order chi connectivity index (χ0) is 23.6. The summed E-state index contributed by atoms with van der Waals surface area (Å²) in [6, 6.07) is 12.5. The van der Waals surface area contributed by atoms with Gasteiger partial charge in [0, 0.05) is 13.0 Å². The first kappa shape index (κ1) is 24.2. The zero-order valence-electron chi connectivity index (χ0n) is 19.4. The highest BCUT2D eigenvalue weighted by atomic mass is 16.6. The van der Waals surface area contributed by atoms with Gasteiger partial charge >= 0.3 is 12.1 Å².